The maximum atomic E-state index is 4.09. The van der Waals surface area contributed by atoms with Crippen molar-refractivity contribution in [3.8, 4) is 0 Å². The van der Waals surface area contributed by atoms with Gasteiger partial charge < -0.3 is 0 Å². The van der Waals surface area contributed by atoms with E-state index in [0.29, 0.717) is 0 Å². The van der Waals surface area contributed by atoms with Crippen molar-refractivity contribution in [2.24, 2.45) is 0 Å². The molecule has 0 bridgehead atoms. The first-order chi connectivity index (χ1) is 10.9. The molecule has 22 heavy (non-hydrogen) atoms. The van der Waals surface area contributed by atoms with Gasteiger partial charge in [-0.2, -0.15) is 0 Å². The fraction of sp³-hybridized carbons (Fsp3) is 0.273. The summed E-state index contributed by atoms with van der Waals surface area (Å²) in [5, 5.41) is 0. The number of hydrogen-bond donors (Lipinski definition) is 0. The van der Waals surface area contributed by atoms with Crippen molar-refractivity contribution in [1.29, 1.82) is 0 Å². The van der Waals surface area contributed by atoms with Gasteiger partial charge in [0.15, 0.2) is 0 Å². The first-order valence-corrected chi connectivity index (χ1v) is 8.42. The highest BCUT2D eigenvalue weighted by atomic mass is 14.2. The van der Waals surface area contributed by atoms with Gasteiger partial charge in [0.2, 0.25) is 0 Å². The molecule has 0 unspecified atom stereocenters. The van der Waals surface area contributed by atoms with Crippen LogP contribution in [0.4, 0.5) is 0 Å². The minimum atomic E-state index is 1.11. The lowest BCUT2D eigenvalue weighted by Gasteiger charge is -2.04. The van der Waals surface area contributed by atoms with Crippen molar-refractivity contribution in [3.63, 3.8) is 0 Å². The SMILES string of the molecule is C=C1C=C(c2ccccc2)c2ccccc21.CC.CC.CC. The molecular formula is C22H30. The summed E-state index contributed by atoms with van der Waals surface area (Å²) < 4.78 is 0. The average Bonchev–Trinajstić information content (AvgIpc) is 2.98. The van der Waals surface area contributed by atoms with Crippen LogP contribution in [0.5, 0.6) is 0 Å². The number of benzene rings is 2. The smallest absolute Gasteiger partial charge is 0.00992 e. The Bertz CT molecular complexity index is 574. The Morgan fingerprint density at radius 1 is 0.591 bits per heavy atom. The third-order valence-corrected chi connectivity index (χ3v) is 2.97. The van der Waals surface area contributed by atoms with Gasteiger partial charge in [-0.3, -0.25) is 0 Å². The Morgan fingerprint density at radius 3 is 1.59 bits per heavy atom. The van der Waals surface area contributed by atoms with Crippen LogP contribution < -0.4 is 0 Å². The number of fused-ring (bicyclic) bond motifs is 1. The van der Waals surface area contributed by atoms with E-state index < -0.39 is 0 Å². The maximum Gasteiger partial charge on any atom is -0.00992 e. The van der Waals surface area contributed by atoms with Gasteiger partial charge in [0.25, 0.3) is 0 Å². The lowest BCUT2D eigenvalue weighted by Crippen LogP contribution is -1.85. The van der Waals surface area contributed by atoms with Crippen molar-refractivity contribution in [2.75, 3.05) is 0 Å². The first-order valence-electron chi connectivity index (χ1n) is 8.42. The Kier molecular flexibility index (Phi) is 10.5. The molecule has 3 rings (SSSR count). The summed E-state index contributed by atoms with van der Waals surface area (Å²) in [5.41, 5.74) is 6.18. The number of hydrogen-bond acceptors (Lipinski definition) is 0. The van der Waals surface area contributed by atoms with Gasteiger partial charge in [-0.1, -0.05) is 103 Å². The van der Waals surface area contributed by atoms with E-state index in [4.69, 9.17) is 0 Å². The minimum Gasteiger partial charge on any atom is -0.0911 e. The van der Waals surface area contributed by atoms with Crippen LogP contribution >= 0.6 is 0 Å². The molecule has 0 heteroatoms. The number of allylic oxidation sites excluding steroid dienone is 2. The molecule has 2 aromatic carbocycles. The van der Waals surface area contributed by atoms with Crippen molar-refractivity contribution in [3.05, 3.63) is 83.9 Å². The van der Waals surface area contributed by atoms with Gasteiger partial charge in [0.1, 0.15) is 0 Å². The molecule has 0 radical (unpaired) electrons. The zero-order valence-electron chi connectivity index (χ0n) is 15.0. The fourth-order valence-electron chi connectivity index (χ4n) is 2.18. The summed E-state index contributed by atoms with van der Waals surface area (Å²) >= 11 is 0. The van der Waals surface area contributed by atoms with Crippen LogP contribution in [-0.2, 0) is 0 Å². The van der Waals surface area contributed by atoms with Gasteiger partial charge in [-0.25, -0.2) is 0 Å². The van der Waals surface area contributed by atoms with Gasteiger partial charge in [0, 0.05) is 0 Å². The summed E-state index contributed by atoms with van der Waals surface area (Å²) in [7, 11) is 0. The van der Waals surface area contributed by atoms with Crippen LogP contribution in [0.15, 0.2) is 67.3 Å². The molecule has 0 nitrogen and oxygen atoms in total. The second-order valence-electron chi connectivity index (χ2n) is 3.99. The van der Waals surface area contributed by atoms with Gasteiger partial charge >= 0.3 is 0 Å². The van der Waals surface area contributed by atoms with E-state index in [1.165, 1.54) is 22.3 Å². The predicted molar refractivity (Wildman–Crippen MR) is 103 cm³/mol. The van der Waals surface area contributed by atoms with Crippen molar-refractivity contribution < 1.29 is 0 Å². The molecule has 118 valence electrons. The van der Waals surface area contributed by atoms with Crippen LogP contribution in [-0.4, -0.2) is 0 Å². The summed E-state index contributed by atoms with van der Waals surface area (Å²) in [6.07, 6.45) is 2.17. The molecule has 0 saturated heterocycles. The van der Waals surface area contributed by atoms with Gasteiger partial charge in [-0.15, -0.1) is 0 Å². The molecule has 0 N–H and O–H groups in total. The molecular weight excluding hydrogens is 264 g/mol. The van der Waals surface area contributed by atoms with E-state index in [-0.39, 0.29) is 0 Å². The molecule has 0 amide bonds. The average molecular weight is 294 g/mol. The van der Waals surface area contributed by atoms with Crippen LogP contribution in [0, 0.1) is 0 Å². The molecule has 0 fully saturated rings. The Balaban J connectivity index is 0.000000661. The van der Waals surface area contributed by atoms with E-state index in [0.717, 1.165) is 5.57 Å². The lowest BCUT2D eigenvalue weighted by atomic mass is 9.99. The van der Waals surface area contributed by atoms with E-state index in [1.807, 2.05) is 47.6 Å². The zero-order valence-corrected chi connectivity index (χ0v) is 15.0. The zero-order chi connectivity index (χ0) is 17.0. The standard InChI is InChI=1S/C16H12.3C2H6/c1-12-11-16(13-7-3-2-4-8-13)15-10-6-5-9-14(12)15;3*1-2/h2-11H,1H2;3*1-2H3. The summed E-state index contributed by atoms with van der Waals surface area (Å²) in [4.78, 5) is 0. The second kappa shape index (κ2) is 11.6. The summed E-state index contributed by atoms with van der Waals surface area (Å²) in [6.45, 7) is 16.1. The molecule has 0 atom stereocenters. The summed E-state index contributed by atoms with van der Waals surface area (Å²) in [5.74, 6) is 0. The first kappa shape index (κ1) is 19.9. The highest BCUT2D eigenvalue weighted by molar-refractivity contribution is 6.00. The topological polar surface area (TPSA) is 0 Å². The molecule has 0 saturated carbocycles. The van der Waals surface area contributed by atoms with Crippen LogP contribution in [0.25, 0.3) is 11.1 Å². The third kappa shape index (κ3) is 4.73. The van der Waals surface area contributed by atoms with E-state index in [9.17, 15) is 0 Å². The van der Waals surface area contributed by atoms with E-state index in [2.05, 4.69) is 61.2 Å². The summed E-state index contributed by atoms with van der Waals surface area (Å²) in [6, 6.07) is 18.9. The minimum absolute atomic E-state index is 1.11. The van der Waals surface area contributed by atoms with Gasteiger partial charge in [0.05, 0.1) is 0 Å². The quantitative estimate of drug-likeness (QED) is 0.520. The molecule has 0 spiro atoms. The Morgan fingerprint density at radius 2 is 1.05 bits per heavy atom. The highest BCUT2D eigenvalue weighted by Gasteiger charge is 2.16. The van der Waals surface area contributed by atoms with Gasteiger partial charge in [-0.05, 0) is 33.9 Å². The number of rotatable bonds is 1. The fourth-order valence-corrected chi connectivity index (χ4v) is 2.18. The van der Waals surface area contributed by atoms with Crippen molar-refractivity contribution >= 4 is 11.1 Å². The largest absolute Gasteiger partial charge is 0.0911 e. The van der Waals surface area contributed by atoms with Crippen molar-refractivity contribution in [1.82, 2.24) is 0 Å². The normalized spacial score (nSPS) is 10.6. The third-order valence-electron chi connectivity index (χ3n) is 2.97. The Hall–Kier alpha value is -2.08. The van der Waals surface area contributed by atoms with Crippen molar-refractivity contribution in [2.45, 2.75) is 41.5 Å². The molecule has 1 aliphatic rings. The van der Waals surface area contributed by atoms with Crippen LogP contribution in [0.1, 0.15) is 58.2 Å². The Labute approximate surface area is 137 Å². The van der Waals surface area contributed by atoms with Crippen LogP contribution in [0.2, 0.25) is 0 Å². The van der Waals surface area contributed by atoms with E-state index >= 15 is 0 Å². The molecule has 1 aliphatic carbocycles. The van der Waals surface area contributed by atoms with Crippen LogP contribution in [0.3, 0.4) is 0 Å². The molecule has 0 aromatic heterocycles. The second-order valence-corrected chi connectivity index (χ2v) is 3.99. The molecule has 0 aliphatic heterocycles. The maximum absolute atomic E-state index is 4.09. The monoisotopic (exact) mass is 294 g/mol. The lowest BCUT2D eigenvalue weighted by molar-refractivity contribution is 1.50. The van der Waals surface area contributed by atoms with E-state index in [1.54, 1.807) is 0 Å². The highest BCUT2D eigenvalue weighted by Crippen LogP contribution is 2.37. The predicted octanol–water partition coefficient (Wildman–Crippen LogP) is 7.22. The molecule has 0 heterocycles. The molecule has 2 aromatic rings.